The highest BCUT2D eigenvalue weighted by Gasteiger charge is 2.32. The topological polar surface area (TPSA) is 64.8 Å². The first-order valence-electron chi connectivity index (χ1n) is 6.98. The second-order valence-electron chi connectivity index (χ2n) is 5.12. The van der Waals surface area contributed by atoms with Crippen LogP contribution in [0.5, 0.6) is 5.75 Å². The normalized spacial score (nSPS) is 21.2. The van der Waals surface area contributed by atoms with E-state index in [1.165, 1.54) is 0 Å². The zero-order chi connectivity index (χ0) is 15.4. The molecule has 22 heavy (non-hydrogen) atoms. The smallest absolute Gasteiger partial charge is 0.255 e. The average molecular weight is 394 g/mol. The van der Waals surface area contributed by atoms with Gasteiger partial charge in [0.05, 0.1) is 18.8 Å². The lowest BCUT2D eigenvalue weighted by Gasteiger charge is -2.38. The van der Waals surface area contributed by atoms with E-state index in [1.54, 1.807) is 20.3 Å². The molecule has 0 radical (unpaired) electrons. The zero-order valence-corrected chi connectivity index (χ0v) is 15.2. The summed E-state index contributed by atoms with van der Waals surface area (Å²) in [6, 6.07) is 5.40. The summed E-state index contributed by atoms with van der Waals surface area (Å²) < 4.78 is 11.4. The van der Waals surface area contributed by atoms with E-state index in [0.717, 1.165) is 17.3 Å². The first kappa shape index (κ1) is 19.2. The van der Waals surface area contributed by atoms with Crippen LogP contribution in [-0.2, 0) is 4.74 Å². The average Bonchev–Trinajstić information content (AvgIpc) is 2.54. The number of carbonyl (C=O) groups excluding carboxylic acids is 1. The summed E-state index contributed by atoms with van der Waals surface area (Å²) in [6.07, 6.45) is 1.79. The molecule has 1 heterocycles. The molecule has 124 valence electrons. The summed E-state index contributed by atoms with van der Waals surface area (Å²) in [6.45, 7) is 1.09. The molecule has 1 aromatic carbocycles. The molecule has 1 saturated heterocycles. The molecule has 7 heteroatoms. The minimum atomic E-state index is -0.0224. The van der Waals surface area contributed by atoms with Crippen LogP contribution in [0.3, 0.4) is 0 Å². The number of amides is 1. The van der Waals surface area contributed by atoms with Crippen molar-refractivity contribution in [2.24, 2.45) is 5.73 Å². The van der Waals surface area contributed by atoms with Crippen molar-refractivity contribution in [1.29, 1.82) is 0 Å². The Bertz CT molecular complexity index is 516. The fourth-order valence-corrected chi connectivity index (χ4v) is 3.09. The number of carbonyl (C=O) groups is 1. The van der Waals surface area contributed by atoms with Crippen molar-refractivity contribution in [3.63, 3.8) is 0 Å². The maximum absolute atomic E-state index is 12.8. The van der Waals surface area contributed by atoms with Gasteiger partial charge in [-0.1, -0.05) is 0 Å². The molecule has 2 unspecified atom stereocenters. The quantitative estimate of drug-likeness (QED) is 0.853. The number of piperidine rings is 1. The lowest BCUT2D eigenvalue weighted by atomic mass is 9.98. The van der Waals surface area contributed by atoms with E-state index in [9.17, 15) is 4.79 Å². The van der Waals surface area contributed by atoms with Gasteiger partial charge in [0.25, 0.3) is 5.91 Å². The summed E-state index contributed by atoms with van der Waals surface area (Å²) >= 11 is 3.44. The Balaban J connectivity index is 0.00000242. The highest BCUT2D eigenvalue weighted by molar-refractivity contribution is 9.10. The molecule has 0 aliphatic carbocycles. The molecule has 0 aromatic heterocycles. The van der Waals surface area contributed by atoms with E-state index in [-0.39, 0.29) is 30.5 Å². The lowest BCUT2D eigenvalue weighted by molar-refractivity contribution is 0.0138. The van der Waals surface area contributed by atoms with Gasteiger partial charge in [-0.05, 0) is 47.0 Å². The van der Waals surface area contributed by atoms with Crippen molar-refractivity contribution in [2.75, 3.05) is 27.3 Å². The minimum absolute atomic E-state index is 0. The zero-order valence-electron chi connectivity index (χ0n) is 12.8. The number of likely N-dealkylation sites (tertiary alicyclic amines) is 1. The maximum Gasteiger partial charge on any atom is 0.255 e. The van der Waals surface area contributed by atoms with Gasteiger partial charge in [0.15, 0.2) is 0 Å². The minimum Gasteiger partial charge on any atom is -0.497 e. The second-order valence-corrected chi connectivity index (χ2v) is 5.97. The number of hydrogen-bond donors (Lipinski definition) is 1. The number of benzene rings is 1. The largest absolute Gasteiger partial charge is 0.497 e. The molecule has 2 N–H and O–H groups in total. The van der Waals surface area contributed by atoms with Crippen molar-refractivity contribution >= 4 is 34.2 Å². The Morgan fingerprint density at radius 1 is 1.45 bits per heavy atom. The summed E-state index contributed by atoms with van der Waals surface area (Å²) in [5.41, 5.74) is 6.44. The molecular weight excluding hydrogens is 372 g/mol. The van der Waals surface area contributed by atoms with Gasteiger partial charge in [-0.15, -0.1) is 12.4 Å². The molecular formula is C15H22BrClN2O3. The van der Waals surface area contributed by atoms with Crippen molar-refractivity contribution in [3.05, 3.63) is 28.2 Å². The Morgan fingerprint density at radius 2 is 2.18 bits per heavy atom. The summed E-state index contributed by atoms with van der Waals surface area (Å²) in [5.74, 6) is 0.642. The number of nitrogens with zero attached hydrogens (tertiary/aromatic N) is 1. The summed E-state index contributed by atoms with van der Waals surface area (Å²) in [4.78, 5) is 14.6. The van der Waals surface area contributed by atoms with Gasteiger partial charge < -0.3 is 20.1 Å². The molecule has 1 aliphatic heterocycles. The fraction of sp³-hybridized carbons (Fsp3) is 0.533. The molecule has 1 amide bonds. The molecule has 5 nitrogen and oxygen atoms in total. The Morgan fingerprint density at radius 3 is 2.77 bits per heavy atom. The van der Waals surface area contributed by atoms with Crippen LogP contribution in [0.15, 0.2) is 22.7 Å². The van der Waals surface area contributed by atoms with Crippen molar-refractivity contribution in [1.82, 2.24) is 4.90 Å². The molecule has 2 atom stereocenters. The maximum atomic E-state index is 12.8. The van der Waals surface area contributed by atoms with Gasteiger partial charge in [0, 0.05) is 30.7 Å². The Kier molecular flexibility index (Phi) is 7.62. The number of hydrogen-bond acceptors (Lipinski definition) is 4. The van der Waals surface area contributed by atoms with Crippen molar-refractivity contribution in [3.8, 4) is 5.75 Å². The Labute approximate surface area is 145 Å². The predicted octanol–water partition coefficient (Wildman–Crippen LogP) is 2.46. The predicted molar refractivity (Wildman–Crippen MR) is 91.9 cm³/mol. The highest BCUT2D eigenvalue weighted by Crippen LogP contribution is 2.27. The standard InChI is InChI=1S/C15H21BrN2O3.ClH/c1-20-11-3-4-14(16)13(8-11)15(19)18-6-5-12(21-2)7-10(18)9-17;/h3-4,8,10,12H,5-7,9,17H2,1-2H3;1H. The van der Waals surface area contributed by atoms with E-state index >= 15 is 0 Å². The number of methoxy groups -OCH3 is 2. The summed E-state index contributed by atoms with van der Waals surface area (Å²) in [7, 11) is 3.29. The number of rotatable bonds is 4. The molecule has 1 aromatic rings. The van der Waals surface area contributed by atoms with Gasteiger partial charge in [0.1, 0.15) is 5.75 Å². The van der Waals surface area contributed by atoms with Crippen LogP contribution in [0.4, 0.5) is 0 Å². The van der Waals surface area contributed by atoms with Gasteiger partial charge in [-0.25, -0.2) is 0 Å². The van der Waals surface area contributed by atoms with E-state index in [1.807, 2.05) is 17.0 Å². The van der Waals surface area contributed by atoms with Gasteiger partial charge in [0.2, 0.25) is 0 Å². The van der Waals surface area contributed by atoms with E-state index < -0.39 is 0 Å². The van der Waals surface area contributed by atoms with Crippen molar-refractivity contribution < 1.29 is 14.3 Å². The molecule has 0 bridgehead atoms. The highest BCUT2D eigenvalue weighted by atomic mass is 79.9. The van der Waals surface area contributed by atoms with E-state index in [0.29, 0.717) is 24.4 Å². The second kappa shape index (κ2) is 8.72. The van der Waals surface area contributed by atoms with Crippen LogP contribution in [0.25, 0.3) is 0 Å². The van der Waals surface area contributed by atoms with E-state index in [2.05, 4.69) is 15.9 Å². The van der Waals surface area contributed by atoms with Gasteiger partial charge in [-0.3, -0.25) is 4.79 Å². The van der Waals surface area contributed by atoms with E-state index in [4.69, 9.17) is 15.2 Å². The van der Waals surface area contributed by atoms with Crippen LogP contribution < -0.4 is 10.5 Å². The lowest BCUT2D eigenvalue weighted by Crippen LogP contribution is -2.51. The van der Waals surface area contributed by atoms with Crippen LogP contribution in [0.2, 0.25) is 0 Å². The van der Waals surface area contributed by atoms with Crippen molar-refractivity contribution in [2.45, 2.75) is 25.0 Å². The van der Waals surface area contributed by atoms with Gasteiger partial charge >= 0.3 is 0 Å². The molecule has 1 aliphatic rings. The Hall–Kier alpha value is -0.820. The number of halogens is 2. The molecule has 0 spiro atoms. The first-order chi connectivity index (χ1) is 10.1. The van der Waals surface area contributed by atoms with Crippen LogP contribution in [0.1, 0.15) is 23.2 Å². The van der Waals surface area contributed by atoms with Crippen LogP contribution >= 0.6 is 28.3 Å². The monoisotopic (exact) mass is 392 g/mol. The number of ether oxygens (including phenoxy) is 2. The first-order valence-corrected chi connectivity index (χ1v) is 7.77. The summed E-state index contributed by atoms with van der Waals surface area (Å²) in [5, 5.41) is 0. The third kappa shape index (κ3) is 4.13. The molecule has 2 rings (SSSR count). The number of nitrogens with two attached hydrogens (primary N) is 1. The third-order valence-electron chi connectivity index (χ3n) is 3.94. The third-order valence-corrected chi connectivity index (χ3v) is 4.63. The SMILES string of the molecule is COc1ccc(Br)c(C(=O)N2CCC(OC)CC2CN)c1.Cl. The van der Waals surface area contributed by atoms with Crippen LogP contribution in [-0.4, -0.2) is 50.3 Å². The fourth-order valence-electron chi connectivity index (χ4n) is 2.67. The molecule has 0 saturated carbocycles. The van der Waals surface area contributed by atoms with Crippen LogP contribution in [0, 0.1) is 0 Å². The van der Waals surface area contributed by atoms with Gasteiger partial charge in [-0.2, -0.15) is 0 Å². The molecule has 1 fully saturated rings.